The molecule has 0 aromatic rings. The molecule has 3 heteroatoms. The van der Waals surface area contributed by atoms with Crippen molar-refractivity contribution in [2.24, 2.45) is 4.99 Å². The first-order chi connectivity index (χ1) is 2.91. The molecule has 0 aliphatic rings. The molecule has 6 heavy (non-hydrogen) atoms. The van der Waals surface area contributed by atoms with Gasteiger partial charge in [0, 0.05) is 0 Å². The number of ether oxygens (including phenoxy) is 1. The van der Waals surface area contributed by atoms with Crippen molar-refractivity contribution in [2.75, 3.05) is 7.11 Å². The fraction of sp³-hybridized carbons (Fsp3) is 0.333. The van der Waals surface area contributed by atoms with Crippen molar-refractivity contribution in [2.45, 2.75) is 0 Å². The van der Waals surface area contributed by atoms with Crippen LogP contribution in [-0.2, 0) is 4.74 Å². The Morgan fingerprint density at radius 2 is 2.50 bits per heavy atom. The van der Waals surface area contributed by atoms with Crippen LogP contribution in [0.25, 0.3) is 0 Å². The van der Waals surface area contributed by atoms with Gasteiger partial charge in [-0.3, -0.25) is 0 Å². The van der Waals surface area contributed by atoms with Gasteiger partial charge >= 0.3 is 0 Å². The number of hydrogen-bond donors (Lipinski definition) is 0. The smallest absolute Gasteiger partial charge is 0.289 e. The summed E-state index contributed by atoms with van der Waals surface area (Å²) in [6.07, 6.45) is 3.42. The Hall–Kier alpha value is -1.04. The van der Waals surface area contributed by atoms with E-state index in [2.05, 4.69) is 9.73 Å². The van der Waals surface area contributed by atoms with Crippen molar-refractivity contribution in [3.63, 3.8) is 0 Å². The molecule has 0 aliphatic carbocycles. The molecule has 31 valence electrons. The zero-order valence-corrected chi connectivity index (χ0v) is 3.30. The molecular formula is C3H3N2O. The minimum absolute atomic E-state index is 1.38. The highest BCUT2D eigenvalue weighted by atomic mass is 16.5. The highest BCUT2D eigenvalue weighted by Gasteiger charge is 1.58. The van der Waals surface area contributed by atoms with Gasteiger partial charge in [-0.05, 0) is 0 Å². The molecule has 0 saturated carbocycles. The van der Waals surface area contributed by atoms with E-state index in [1.807, 2.05) is 6.40 Å². The van der Waals surface area contributed by atoms with Crippen molar-refractivity contribution < 1.29 is 4.74 Å². The van der Waals surface area contributed by atoms with Crippen molar-refractivity contribution in [3.8, 4) is 6.19 Å². The molecule has 0 rings (SSSR count). The van der Waals surface area contributed by atoms with Crippen LogP contribution in [0.2, 0.25) is 0 Å². The van der Waals surface area contributed by atoms with Gasteiger partial charge in [-0.25, -0.2) is 0 Å². The van der Waals surface area contributed by atoms with E-state index in [0.717, 1.165) is 0 Å². The van der Waals surface area contributed by atoms with Gasteiger partial charge in [0.1, 0.15) is 0 Å². The zero-order chi connectivity index (χ0) is 4.83. The van der Waals surface area contributed by atoms with Crippen LogP contribution in [0.5, 0.6) is 0 Å². The molecule has 0 aliphatic heterocycles. The zero-order valence-electron chi connectivity index (χ0n) is 3.30. The topological polar surface area (TPSA) is 45.4 Å². The molecule has 1 radical (unpaired) electrons. The number of nitriles is 1. The molecule has 0 unspecified atom stereocenters. The van der Waals surface area contributed by atoms with Gasteiger partial charge in [-0.2, -0.15) is 5.26 Å². The molecule has 0 amide bonds. The standard InChI is InChI=1S/C3H3N2O/c1-6-3-5-2-4/h1H3. The van der Waals surface area contributed by atoms with Crippen molar-refractivity contribution >= 4 is 6.40 Å². The lowest BCUT2D eigenvalue weighted by atomic mass is 11.3. The number of methoxy groups -OCH3 is 1. The third-order valence-electron chi connectivity index (χ3n) is 0.187. The van der Waals surface area contributed by atoms with Crippen LogP contribution < -0.4 is 0 Å². The van der Waals surface area contributed by atoms with Crippen LogP contribution in [-0.4, -0.2) is 13.5 Å². The molecule has 0 atom stereocenters. The van der Waals surface area contributed by atoms with E-state index in [-0.39, 0.29) is 0 Å². The lowest BCUT2D eigenvalue weighted by molar-refractivity contribution is 0.423. The summed E-state index contributed by atoms with van der Waals surface area (Å²) in [6.45, 7) is 0. The molecule has 0 spiro atoms. The second kappa shape index (κ2) is 3.96. The van der Waals surface area contributed by atoms with Gasteiger partial charge in [-0.1, -0.05) is 0 Å². The highest BCUT2D eigenvalue weighted by molar-refractivity contribution is 5.47. The van der Waals surface area contributed by atoms with Crippen LogP contribution in [0.1, 0.15) is 0 Å². The first-order valence-corrected chi connectivity index (χ1v) is 1.28. The minimum Gasteiger partial charge on any atom is -0.477 e. The maximum absolute atomic E-state index is 7.64. The monoisotopic (exact) mass is 83.0 g/mol. The molecule has 0 heterocycles. The fourth-order valence-electron chi connectivity index (χ4n) is 0.0661. The molecule has 0 N–H and O–H groups in total. The lowest BCUT2D eigenvalue weighted by Gasteiger charge is -1.71. The first kappa shape index (κ1) is 4.96. The number of rotatable bonds is 1. The van der Waals surface area contributed by atoms with Gasteiger partial charge in [0.2, 0.25) is 6.19 Å². The summed E-state index contributed by atoms with van der Waals surface area (Å²) >= 11 is 0. The van der Waals surface area contributed by atoms with Gasteiger partial charge in [-0.15, -0.1) is 4.99 Å². The van der Waals surface area contributed by atoms with Crippen molar-refractivity contribution in [1.29, 1.82) is 5.26 Å². The van der Waals surface area contributed by atoms with Crippen molar-refractivity contribution in [1.82, 2.24) is 0 Å². The van der Waals surface area contributed by atoms with Crippen LogP contribution in [0.3, 0.4) is 0 Å². The second-order valence-electron chi connectivity index (χ2n) is 0.507. The number of hydrogen-bond acceptors (Lipinski definition) is 3. The number of aliphatic imine (C=N–C) groups is 1. The van der Waals surface area contributed by atoms with Gasteiger partial charge in [0.05, 0.1) is 7.11 Å². The highest BCUT2D eigenvalue weighted by Crippen LogP contribution is 1.54. The predicted octanol–water partition coefficient (Wildman–Crippen LogP) is 0.0192. The second-order valence-corrected chi connectivity index (χ2v) is 0.507. The maximum Gasteiger partial charge on any atom is 0.289 e. The summed E-state index contributed by atoms with van der Waals surface area (Å²) in [5.41, 5.74) is 0. The van der Waals surface area contributed by atoms with Gasteiger partial charge in [0.25, 0.3) is 6.40 Å². The summed E-state index contributed by atoms with van der Waals surface area (Å²) in [7, 11) is 1.38. The molecule has 0 aromatic heterocycles. The van der Waals surface area contributed by atoms with Gasteiger partial charge < -0.3 is 4.74 Å². The minimum atomic E-state index is 1.38. The average molecular weight is 83.1 g/mol. The van der Waals surface area contributed by atoms with Crippen molar-refractivity contribution in [3.05, 3.63) is 0 Å². The first-order valence-electron chi connectivity index (χ1n) is 1.28. The van der Waals surface area contributed by atoms with Gasteiger partial charge in [0.15, 0.2) is 0 Å². The largest absolute Gasteiger partial charge is 0.477 e. The van der Waals surface area contributed by atoms with E-state index in [1.54, 1.807) is 0 Å². The SMILES string of the molecule is CO/[C]=N\C#N. The van der Waals surface area contributed by atoms with Crippen LogP contribution in [0.4, 0.5) is 0 Å². The normalized spacial score (nSPS) is 8.00. The Balaban J connectivity index is 3.02. The quantitative estimate of drug-likeness (QED) is 0.255. The fourth-order valence-corrected chi connectivity index (χ4v) is 0.0661. The predicted molar refractivity (Wildman–Crippen MR) is 20.1 cm³/mol. The van der Waals surface area contributed by atoms with E-state index in [0.29, 0.717) is 0 Å². The third kappa shape index (κ3) is 2.96. The Morgan fingerprint density at radius 3 is 2.67 bits per heavy atom. The van der Waals surface area contributed by atoms with E-state index < -0.39 is 0 Å². The summed E-state index contributed by atoms with van der Waals surface area (Å²) in [6, 6.07) is 0. The Bertz CT molecular complexity index is 81.3. The summed E-state index contributed by atoms with van der Waals surface area (Å²) in [5.74, 6) is 0. The van der Waals surface area contributed by atoms with Crippen LogP contribution in [0.15, 0.2) is 4.99 Å². The van der Waals surface area contributed by atoms with E-state index >= 15 is 0 Å². The van der Waals surface area contributed by atoms with E-state index in [1.165, 1.54) is 13.3 Å². The molecule has 0 bridgehead atoms. The molecule has 0 fully saturated rings. The third-order valence-corrected chi connectivity index (χ3v) is 0.187. The Kier molecular flexibility index (Phi) is 3.27. The maximum atomic E-state index is 7.64. The average Bonchev–Trinajstić information content (AvgIpc) is 1.61. The Morgan fingerprint density at radius 1 is 1.83 bits per heavy atom. The van der Waals surface area contributed by atoms with E-state index in [4.69, 9.17) is 5.26 Å². The molecule has 3 nitrogen and oxygen atoms in total. The number of nitrogens with zero attached hydrogens (tertiary/aromatic N) is 2. The molecule has 0 saturated heterocycles. The van der Waals surface area contributed by atoms with Crippen LogP contribution in [0, 0.1) is 11.5 Å². The van der Waals surface area contributed by atoms with E-state index in [9.17, 15) is 0 Å². The Labute approximate surface area is 35.9 Å². The van der Waals surface area contributed by atoms with Crippen LogP contribution >= 0.6 is 0 Å². The molecular weight excluding hydrogens is 80.0 g/mol. The lowest BCUT2D eigenvalue weighted by Crippen LogP contribution is -1.71. The summed E-state index contributed by atoms with van der Waals surface area (Å²) in [5, 5.41) is 7.64. The molecule has 0 aromatic carbocycles. The summed E-state index contributed by atoms with van der Waals surface area (Å²) < 4.78 is 4.14. The summed E-state index contributed by atoms with van der Waals surface area (Å²) in [4.78, 5) is 2.92.